The van der Waals surface area contributed by atoms with Gasteiger partial charge >= 0.3 is 5.97 Å². The standard InChI is InChI=1S/C15H16O4/c1-18-13-6-5-12(9-14(13)19-2)11-4-3-10(7-11)8-15(16)17/h5-9H,3-4H2,1-2H3,(H,16,17)/b10-8+. The van der Waals surface area contributed by atoms with Crippen molar-refractivity contribution in [3.63, 3.8) is 0 Å². The Bertz CT molecular complexity index is 555. The third-order valence-corrected chi connectivity index (χ3v) is 3.11. The zero-order valence-electron chi connectivity index (χ0n) is 11.0. The van der Waals surface area contributed by atoms with Gasteiger partial charge in [0.15, 0.2) is 11.5 Å². The Morgan fingerprint density at radius 1 is 1.21 bits per heavy atom. The topological polar surface area (TPSA) is 55.8 Å². The molecular formula is C15H16O4. The number of aliphatic carboxylic acids is 1. The molecule has 0 radical (unpaired) electrons. The van der Waals surface area contributed by atoms with Gasteiger partial charge < -0.3 is 14.6 Å². The Hall–Kier alpha value is -2.23. The van der Waals surface area contributed by atoms with Gasteiger partial charge in [-0.1, -0.05) is 12.1 Å². The van der Waals surface area contributed by atoms with E-state index in [1.54, 1.807) is 14.2 Å². The minimum Gasteiger partial charge on any atom is -0.493 e. The summed E-state index contributed by atoms with van der Waals surface area (Å²) < 4.78 is 10.5. The molecule has 1 aliphatic carbocycles. The van der Waals surface area contributed by atoms with E-state index >= 15 is 0 Å². The summed E-state index contributed by atoms with van der Waals surface area (Å²) in [5.74, 6) is 0.461. The van der Waals surface area contributed by atoms with Crippen LogP contribution in [0.4, 0.5) is 0 Å². The van der Waals surface area contributed by atoms with E-state index in [1.807, 2.05) is 24.3 Å². The minimum absolute atomic E-state index is 0.677. The van der Waals surface area contributed by atoms with Crippen molar-refractivity contribution in [1.29, 1.82) is 0 Å². The van der Waals surface area contributed by atoms with Gasteiger partial charge in [0.05, 0.1) is 14.2 Å². The van der Waals surface area contributed by atoms with E-state index in [0.717, 1.165) is 29.6 Å². The molecule has 0 saturated carbocycles. The molecular weight excluding hydrogens is 244 g/mol. The minimum atomic E-state index is -0.903. The maximum atomic E-state index is 10.6. The van der Waals surface area contributed by atoms with Crippen LogP contribution in [0.3, 0.4) is 0 Å². The molecule has 0 amide bonds. The average Bonchev–Trinajstić information content (AvgIpc) is 2.85. The number of rotatable bonds is 4. The van der Waals surface area contributed by atoms with Crippen LogP contribution in [0.2, 0.25) is 0 Å². The van der Waals surface area contributed by atoms with Gasteiger partial charge in [-0.25, -0.2) is 4.79 Å². The lowest BCUT2D eigenvalue weighted by Gasteiger charge is -2.09. The van der Waals surface area contributed by atoms with E-state index in [4.69, 9.17) is 14.6 Å². The van der Waals surface area contributed by atoms with Crippen LogP contribution in [0.5, 0.6) is 11.5 Å². The first-order valence-electron chi connectivity index (χ1n) is 6.00. The van der Waals surface area contributed by atoms with Gasteiger partial charge in [-0.05, 0) is 41.7 Å². The average molecular weight is 260 g/mol. The molecule has 0 atom stereocenters. The first-order chi connectivity index (χ1) is 9.13. The number of carbonyl (C=O) groups is 1. The van der Waals surface area contributed by atoms with Gasteiger partial charge in [0.2, 0.25) is 0 Å². The number of hydrogen-bond acceptors (Lipinski definition) is 3. The summed E-state index contributed by atoms with van der Waals surface area (Å²) in [7, 11) is 3.19. The van der Waals surface area contributed by atoms with Crippen LogP contribution in [0, 0.1) is 0 Å². The van der Waals surface area contributed by atoms with E-state index in [9.17, 15) is 4.79 Å². The molecule has 0 bridgehead atoms. The molecule has 19 heavy (non-hydrogen) atoms. The number of hydrogen-bond donors (Lipinski definition) is 1. The molecule has 4 nitrogen and oxygen atoms in total. The highest BCUT2D eigenvalue weighted by molar-refractivity contribution is 5.83. The summed E-state index contributed by atoms with van der Waals surface area (Å²) in [6.07, 6.45) is 4.79. The molecule has 0 aliphatic heterocycles. The molecule has 100 valence electrons. The van der Waals surface area contributed by atoms with Gasteiger partial charge in [-0.15, -0.1) is 0 Å². The van der Waals surface area contributed by atoms with Crippen molar-refractivity contribution in [1.82, 2.24) is 0 Å². The van der Waals surface area contributed by atoms with Crippen LogP contribution in [-0.4, -0.2) is 25.3 Å². The van der Waals surface area contributed by atoms with E-state index in [-0.39, 0.29) is 0 Å². The molecule has 0 spiro atoms. The predicted molar refractivity (Wildman–Crippen MR) is 72.5 cm³/mol. The second-order valence-corrected chi connectivity index (χ2v) is 4.30. The molecule has 1 aromatic rings. The van der Waals surface area contributed by atoms with E-state index in [0.29, 0.717) is 11.5 Å². The fourth-order valence-corrected chi connectivity index (χ4v) is 2.18. The van der Waals surface area contributed by atoms with Crippen LogP contribution in [-0.2, 0) is 4.79 Å². The lowest BCUT2D eigenvalue weighted by Crippen LogP contribution is -1.91. The Morgan fingerprint density at radius 2 is 1.95 bits per heavy atom. The van der Waals surface area contributed by atoms with Crippen molar-refractivity contribution in [3.05, 3.63) is 41.5 Å². The van der Waals surface area contributed by atoms with Crippen LogP contribution in [0.25, 0.3) is 5.57 Å². The Morgan fingerprint density at radius 3 is 2.58 bits per heavy atom. The lowest BCUT2D eigenvalue weighted by molar-refractivity contribution is -0.131. The molecule has 1 aromatic carbocycles. The Balaban J connectivity index is 2.31. The highest BCUT2D eigenvalue weighted by Gasteiger charge is 2.14. The van der Waals surface area contributed by atoms with Crippen molar-refractivity contribution in [3.8, 4) is 11.5 Å². The van der Waals surface area contributed by atoms with Gasteiger partial charge in [-0.3, -0.25) is 0 Å². The quantitative estimate of drug-likeness (QED) is 0.846. The third-order valence-electron chi connectivity index (χ3n) is 3.11. The van der Waals surface area contributed by atoms with Crippen molar-refractivity contribution in [2.45, 2.75) is 12.8 Å². The van der Waals surface area contributed by atoms with Crippen LogP contribution in [0.1, 0.15) is 18.4 Å². The number of allylic oxidation sites excluding steroid dienone is 3. The van der Waals surface area contributed by atoms with Gasteiger partial charge in [-0.2, -0.15) is 0 Å². The number of ether oxygens (including phenoxy) is 2. The second-order valence-electron chi connectivity index (χ2n) is 4.30. The molecule has 2 rings (SSSR count). The van der Waals surface area contributed by atoms with Crippen LogP contribution < -0.4 is 9.47 Å². The van der Waals surface area contributed by atoms with Gasteiger partial charge in [0.25, 0.3) is 0 Å². The third kappa shape index (κ3) is 2.96. The Labute approximate surface area is 112 Å². The van der Waals surface area contributed by atoms with E-state index in [1.165, 1.54) is 6.08 Å². The molecule has 0 heterocycles. The smallest absolute Gasteiger partial charge is 0.328 e. The molecule has 4 heteroatoms. The fourth-order valence-electron chi connectivity index (χ4n) is 2.18. The summed E-state index contributed by atoms with van der Waals surface area (Å²) >= 11 is 0. The zero-order valence-corrected chi connectivity index (χ0v) is 11.0. The number of benzene rings is 1. The number of carboxylic acids is 1. The summed E-state index contributed by atoms with van der Waals surface area (Å²) in [5.41, 5.74) is 3.00. The largest absolute Gasteiger partial charge is 0.493 e. The normalized spacial score (nSPS) is 16.3. The summed E-state index contributed by atoms with van der Waals surface area (Å²) in [6, 6.07) is 5.72. The lowest BCUT2D eigenvalue weighted by atomic mass is 10.1. The van der Waals surface area contributed by atoms with Crippen molar-refractivity contribution in [2.75, 3.05) is 14.2 Å². The fraction of sp³-hybridized carbons (Fsp3) is 0.267. The molecule has 1 N–H and O–H groups in total. The van der Waals surface area contributed by atoms with Crippen molar-refractivity contribution in [2.24, 2.45) is 0 Å². The highest BCUT2D eigenvalue weighted by atomic mass is 16.5. The maximum absolute atomic E-state index is 10.6. The molecule has 0 aromatic heterocycles. The molecule has 0 unspecified atom stereocenters. The van der Waals surface area contributed by atoms with Gasteiger partial charge in [0, 0.05) is 6.08 Å². The van der Waals surface area contributed by atoms with Crippen LogP contribution >= 0.6 is 0 Å². The second kappa shape index (κ2) is 5.61. The maximum Gasteiger partial charge on any atom is 0.328 e. The summed E-state index contributed by atoms with van der Waals surface area (Å²) in [6.45, 7) is 0. The van der Waals surface area contributed by atoms with Crippen molar-refractivity contribution >= 4 is 11.5 Å². The van der Waals surface area contributed by atoms with E-state index in [2.05, 4.69) is 0 Å². The van der Waals surface area contributed by atoms with Gasteiger partial charge in [0.1, 0.15) is 0 Å². The van der Waals surface area contributed by atoms with E-state index < -0.39 is 5.97 Å². The highest BCUT2D eigenvalue weighted by Crippen LogP contribution is 2.35. The molecule has 1 aliphatic rings. The Kier molecular flexibility index (Phi) is 3.90. The first kappa shape index (κ1) is 13.2. The molecule has 0 saturated heterocycles. The number of carboxylic acid groups (broad SMARTS) is 1. The zero-order chi connectivity index (χ0) is 13.8. The summed E-state index contributed by atoms with van der Waals surface area (Å²) in [4.78, 5) is 10.6. The monoisotopic (exact) mass is 260 g/mol. The first-order valence-corrected chi connectivity index (χ1v) is 6.00. The predicted octanol–water partition coefficient (Wildman–Crippen LogP) is 2.89. The molecule has 0 fully saturated rings. The SMILES string of the molecule is COc1ccc(C2=C/C(=C/C(=O)O)CC2)cc1OC. The summed E-state index contributed by atoms with van der Waals surface area (Å²) in [5, 5.41) is 8.74. The van der Waals surface area contributed by atoms with Crippen molar-refractivity contribution < 1.29 is 19.4 Å². The number of methoxy groups -OCH3 is 2. The van der Waals surface area contributed by atoms with Crippen LogP contribution in [0.15, 0.2) is 35.9 Å².